The first-order chi connectivity index (χ1) is 9.72. The lowest BCUT2D eigenvalue weighted by molar-refractivity contribution is 0.114. The first kappa shape index (κ1) is 14.1. The molecule has 3 unspecified atom stereocenters. The van der Waals surface area contributed by atoms with Gasteiger partial charge in [0.15, 0.2) is 0 Å². The fraction of sp³-hybridized carbons (Fsp3) is 0.812. The molecule has 4 heteroatoms. The SMILES string of the molecule is CCCn1cc(C(NC)C2CC3CCC(C2)N3C)cn1. The van der Waals surface area contributed by atoms with Gasteiger partial charge in [-0.05, 0) is 52.1 Å². The Morgan fingerprint density at radius 2 is 2.05 bits per heavy atom. The van der Waals surface area contributed by atoms with Crippen LogP contribution in [0.5, 0.6) is 0 Å². The van der Waals surface area contributed by atoms with Crippen molar-refractivity contribution < 1.29 is 0 Å². The first-order valence-corrected chi connectivity index (χ1v) is 8.14. The van der Waals surface area contributed by atoms with E-state index in [-0.39, 0.29) is 0 Å². The summed E-state index contributed by atoms with van der Waals surface area (Å²) in [5, 5.41) is 8.06. The molecule has 2 fully saturated rings. The highest BCUT2D eigenvalue weighted by molar-refractivity contribution is 5.13. The number of fused-ring (bicyclic) bond motifs is 2. The minimum atomic E-state index is 0.470. The maximum atomic E-state index is 4.50. The van der Waals surface area contributed by atoms with E-state index in [2.05, 4.69) is 53.4 Å². The molecule has 2 bridgehead atoms. The van der Waals surface area contributed by atoms with E-state index in [1.807, 2.05) is 0 Å². The zero-order chi connectivity index (χ0) is 14.1. The van der Waals surface area contributed by atoms with Gasteiger partial charge in [0.2, 0.25) is 0 Å². The van der Waals surface area contributed by atoms with Gasteiger partial charge in [0.1, 0.15) is 0 Å². The number of nitrogens with one attached hydrogen (secondary N) is 1. The van der Waals surface area contributed by atoms with Crippen molar-refractivity contribution in [1.82, 2.24) is 20.0 Å². The van der Waals surface area contributed by atoms with Crippen LogP contribution in [-0.2, 0) is 6.54 Å². The normalized spacial score (nSPS) is 31.6. The van der Waals surface area contributed by atoms with Crippen LogP contribution in [0.4, 0.5) is 0 Å². The molecule has 2 aliphatic heterocycles. The lowest BCUT2D eigenvalue weighted by Crippen LogP contribution is -2.43. The fourth-order valence-electron chi connectivity index (χ4n) is 4.29. The van der Waals surface area contributed by atoms with Crippen molar-refractivity contribution in [2.45, 2.75) is 63.7 Å². The quantitative estimate of drug-likeness (QED) is 0.896. The molecule has 1 aromatic rings. The number of hydrogen-bond donors (Lipinski definition) is 1. The second kappa shape index (κ2) is 5.86. The summed E-state index contributed by atoms with van der Waals surface area (Å²) in [6.07, 6.45) is 10.9. The summed E-state index contributed by atoms with van der Waals surface area (Å²) in [6, 6.07) is 2.08. The second-order valence-electron chi connectivity index (χ2n) is 6.59. The third kappa shape index (κ3) is 2.51. The molecular weight excluding hydrogens is 248 g/mol. The van der Waals surface area contributed by atoms with Crippen molar-refractivity contribution in [2.24, 2.45) is 5.92 Å². The number of hydrogen-bond acceptors (Lipinski definition) is 3. The van der Waals surface area contributed by atoms with Crippen LogP contribution in [0.3, 0.4) is 0 Å². The minimum Gasteiger partial charge on any atom is -0.313 e. The molecule has 4 nitrogen and oxygen atoms in total. The molecule has 0 spiro atoms. The highest BCUT2D eigenvalue weighted by atomic mass is 15.3. The van der Waals surface area contributed by atoms with Crippen LogP contribution < -0.4 is 5.32 Å². The molecule has 1 N–H and O–H groups in total. The van der Waals surface area contributed by atoms with Crippen LogP contribution in [0, 0.1) is 5.92 Å². The molecule has 0 aliphatic carbocycles. The monoisotopic (exact) mass is 276 g/mol. The number of rotatable bonds is 5. The summed E-state index contributed by atoms with van der Waals surface area (Å²) in [5.41, 5.74) is 1.37. The van der Waals surface area contributed by atoms with Crippen LogP contribution in [0.1, 0.15) is 50.6 Å². The topological polar surface area (TPSA) is 33.1 Å². The summed E-state index contributed by atoms with van der Waals surface area (Å²) in [5.74, 6) is 0.757. The van der Waals surface area contributed by atoms with E-state index in [1.54, 1.807) is 0 Å². The number of piperidine rings is 1. The molecule has 3 rings (SSSR count). The number of aromatic nitrogens is 2. The molecule has 3 atom stereocenters. The molecule has 0 saturated carbocycles. The Labute approximate surface area is 122 Å². The van der Waals surface area contributed by atoms with Gasteiger partial charge in [-0.3, -0.25) is 4.68 Å². The van der Waals surface area contributed by atoms with Gasteiger partial charge in [-0.25, -0.2) is 0 Å². The van der Waals surface area contributed by atoms with E-state index in [9.17, 15) is 0 Å². The Hall–Kier alpha value is -0.870. The standard InChI is InChI=1S/C16H28N4/c1-4-7-20-11-13(10-18-20)16(17-2)12-8-14-5-6-15(9-12)19(14)3/h10-12,14-17H,4-9H2,1-3H3. The number of aryl methyl sites for hydroxylation is 1. The minimum absolute atomic E-state index is 0.470. The third-order valence-corrected chi connectivity index (χ3v) is 5.38. The predicted octanol–water partition coefficient (Wildman–Crippen LogP) is 2.43. The van der Waals surface area contributed by atoms with Gasteiger partial charge in [-0.2, -0.15) is 5.10 Å². The van der Waals surface area contributed by atoms with E-state index >= 15 is 0 Å². The highest BCUT2D eigenvalue weighted by Gasteiger charge is 2.41. The summed E-state index contributed by atoms with van der Waals surface area (Å²) < 4.78 is 2.09. The largest absolute Gasteiger partial charge is 0.313 e. The zero-order valence-electron chi connectivity index (χ0n) is 13.0. The van der Waals surface area contributed by atoms with Crippen molar-refractivity contribution >= 4 is 0 Å². The van der Waals surface area contributed by atoms with Crippen LogP contribution in [-0.4, -0.2) is 40.9 Å². The van der Waals surface area contributed by atoms with Gasteiger partial charge in [0.25, 0.3) is 0 Å². The zero-order valence-corrected chi connectivity index (χ0v) is 13.0. The van der Waals surface area contributed by atoms with Crippen LogP contribution in [0.15, 0.2) is 12.4 Å². The Balaban J connectivity index is 1.73. The first-order valence-electron chi connectivity index (χ1n) is 8.14. The van der Waals surface area contributed by atoms with Gasteiger partial charge in [-0.1, -0.05) is 6.92 Å². The molecule has 2 aliphatic rings. The Bertz CT molecular complexity index is 427. The van der Waals surface area contributed by atoms with E-state index in [0.29, 0.717) is 6.04 Å². The fourth-order valence-corrected chi connectivity index (χ4v) is 4.29. The average molecular weight is 276 g/mol. The summed E-state index contributed by atoms with van der Waals surface area (Å²) in [7, 11) is 4.41. The lowest BCUT2D eigenvalue weighted by atomic mass is 9.83. The van der Waals surface area contributed by atoms with Crippen molar-refractivity contribution in [2.75, 3.05) is 14.1 Å². The molecule has 0 aromatic carbocycles. The maximum Gasteiger partial charge on any atom is 0.0537 e. The van der Waals surface area contributed by atoms with Crippen molar-refractivity contribution in [3.05, 3.63) is 18.0 Å². The van der Waals surface area contributed by atoms with Crippen molar-refractivity contribution in [1.29, 1.82) is 0 Å². The molecule has 1 aromatic heterocycles. The molecule has 3 heterocycles. The molecular formula is C16H28N4. The van der Waals surface area contributed by atoms with Crippen molar-refractivity contribution in [3.8, 4) is 0 Å². The predicted molar refractivity (Wildman–Crippen MR) is 81.6 cm³/mol. The molecule has 20 heavy (non-hydrogen) atoms. The summed E-state index contributed by atoms with van der Waals surface area (Å²) in [4.78, 5) is 2.61. The van der Waals surface area contributed by atoms with Crippen molar-refractivity contribution in [3.63, 3.8) is 0 Å². The van der Waals surface area contributed by atoms with E-state index in [4.69, 9.17) is 0 Å². The van der Waals surface area contributed by atoms with Crippen LogP contribution in [0.2, 0.25) is 0 Å². The van der Waals surface area contributed by atoms with Crippen LogP contribution >= 0.6 is 0 Å². The smallest absolute Gasteiger partial charge is 0.0537 e. The Morgan fingerprint density at radius 3 is 2.65 bits per heavy atom. The Morgan fingerprint density at radius 1 is 1.35 bits per heavy atom. The lowest BCUT2D eigenvalue weighted by Gasteiger charge is -2.39. The van der Waals surface area contributed by atoms with Gasteiger partial charge in [0, 0.05) is 36.4 Å². The summed E-state index contributed by atoms with van der Waals surface area (Å²) >= 11 is 0. The van der Waals surface area contributed by atoms with E-state index in [1.165, 1.54) is 31.2 Å². The molecule has 2 saturated heterocycles. The van der Waals surface area contributed by atoms with Gasteiger partial charge >= 0.3 is 0 Å². The molecule has 0 amide bonds. The van der Waals surface area contributed by atoms with Crippen LogP contribution in [0.25, 0.3) is 0 Å². The van der Waals surface area contributed by atoms with E-state index < -0.39 is 0 Å². The van der Waals surface area contributed by atoms with Gasteiger partial charge < -0.3 is 10.2 Å². The Kier molecular flexibility index (Phi) is 4.13. The third-order valence-electron chi connectivity index (χ3n) is 5.38. The molecule has 0 radical (unpaired) electrons. The van der Waals surface area contributed by atoms with Gasteiger partial charge in [0.05, 0.1) is 6.20 Å². The highest BCUT2D eigenvalue weighted by Crippen LogP contribution is 2.42. The van der Waals surface area contributed by atoms with E-state index in [0.717, 1.165) is 31.0 Å². The van der Waals surface area contributed by atoms with Gasteiger partial charge in [-0.15, -0.1) is 0 Å². The average Bonchev–Trinajstić information content (AvgIpc) is 2.94. The molecule has 112 valence electrons. The second-order valence-corrected chi connectivity index (χ2v) is 6.59. The summed E-state index contributed by atoms with van der Waals surface area (Å²) in [6.45, 7) is 3.22. The number of nitrogens with zero attached hydrogens (tertiary/aromatic N) is 3. The maximum absolute atomic E-state index is 4.50.